The predicted octanol–water partition coefficient (Wildman–Crippen LogP) is 6.10. The van der Waals surface area contributed by atoms with Crippen LogP contribution in [0.15, 0.2) is 77.9 Å². The van der Waals surface area contributed by atoms with Crippen molar-refractivity contribution >= 4 is 6.21 Å². The first-order valence-electron chi connectivity index (χ1n) is 10.5. The van der Waals surface area contributed by atoms with E-state index >= 15 is 0 Å². The van der Waals surface area contributed by atoms with E-state index in [1.165, 1.54) is 65.5 Å². The molecule has 2 heteroatoms. The van der Waals surface area contributed by atoms with Crippen LogP contribution in [0.1, 0.15) is 60.3 Å². The molecule has 3 aromatic carbocycles. The van der Waals surface area contributed by atoms with Crippen LogP contribution >= 0.6 is 0 Å². The van der Waals surface area contributed by atoms with E-state index in [1.807, 2.05) is 6.21 Å². The molecule has 0 aliphatic heterocycles. The lowest BCUT2D eigenvalue weighted by Crippen LogP contribution is -2.26. The highest BCUT2D eigenvalue weighted by atomic mass is 15.3. The first-order chi connectivity index (χ1) is 13.9. The van der Waals surface area contributed by atoms with Gasteiger partial charge < -0.3 is 5.43 Å². The van der Waals surface area contributed by atoms with E-state index < -0.39 is 0 Å². The molecule has 2 nitrogen and oxygen atoms in total. The second-order valence-corrected chi connectivity index (χ2v) is 7.96. The summed E-state index contributed by atoms with van der Waals surface area (Å²) in [5, 5.41) is 4.63. The second-order valence-electron chi connectivity index (χ2n) is 7.96. The molecule has 5 rings (SSSR count). The summed E-state index contributed by atoms with van der Waals surface area (Å²) in [7, 11) is 0. The third-order valence-corrected chi connectivity index (χ3v) is 6.21. The maximum absolute atomic E-state index is 4.63. The van der Waals surface area contributed by atoms with Crippen LogP contribution in [0.4, 0.5) is 0 Å². The molecule has 0 unspecified atom stereocenters. The van der Waals surface area contributed by atoms with E-state index in [1.54, 1.807) is 0 Å². The Hall–Kier alpha value is -2.87. The summed E-state index contributed by atoms with van der Waals surface area (Å²) in [4.78, 5) is 0. The Morgan fingerprint density at radius 3 is 1.93 bits per heavy atom. The number of rotatable bonds is 4. The van der Waals surface area contributed by atoms with Gasteiger partial charge in [-0.1, -0.05) is 92.1 Å². The normalized spacial score (nSPS) is 16.9. The zero-order valence-corrected chi connectivity index (χ0v) is 16.1. The van der Waals surface area contributed by atoms with Crippen molar-refractivity contribution in [3.8, 4) is 11.1 Å². The van der Waals surface area contributed by atoms with E-state index in [0.717, 1.165) is 0 Å². The largest absolute Gasteiger partial charge is 0.307 e. The predicted molar refractivity (Wildman–Crippen MR) is 117 cm³/mol. The van der Waals surface area contributed by atoms with Crippen LogP contribution in [0, 0.1) is 0 Å². The van der Waals surface area contributed by atoms with Gasteiger partial charge >= 0.3 is 0 Å². The molecule has 0 heterocycles. The fourth-order valence-electron chi connectivity index (χ4n) is 4.83. The zero-order chi connectivity index (χ0) is 18.8. The van der Waals surface area contributed by atoms with E-state index in [4.69, 9.17) is 0 Å². The van der Waals surface area contributed by atoms with Gasteiger partial charge in [-0.05, 0) is 46.2 Å². The van der Waals surface area contributed by atoms with Gasteiger partial charge in [0.15, 0.2) is 0 Å². The van der Waals surface area contributed by atoms with Gasteiger partial charge in [-0.25, -0.2) is 0 Å². The summed E-state index contributed by atoms with van der Waals surface area (Å²) in [5.74, 6) is 0.268. The Balaban J connectivity index is 1.50. The minimum absolute atomic E-state index is 0.268. The quantitative estimate of drug-likeness (QED) is 0.342. The number of hydrazone groups is 1. The van der Waals surface area contributed by atoms with Crippen molar-refractivity contribution in [2.24, 2.45) is 5.10 Å². The summed E-state index contributed by atoms with van der Waals surface area (Å²) in [6.07, 6.45) is 8.50. The van der Waals surface area contributed by atoms with Gasteiger partial charge in [0.1, 0.15) is 0 Å². The Labute approximate surface area is 167 Å². The monoisotopic (exact) mass is 366 g/mol. The van der Waals surface area contributed by atoms with Crippen molar-refractivity contribution in [3.05, 3.63) is 95.1 Å². The Kier molecular flexibility index (Phi) is 4.70. The average Bonchev–Trinajstić information content (AvgIpc) is 3.09. The number of fused-ring (bicyclic) bond motifs is 3. The zero-order valence-electron chi connectivity index (χ0n) is 16.1. The third kappa shape index (κ3) is 3.13. The summed E-state index contributed by atoms with van der Waals surface area (Å²) in [6, 6.07) is 26.8. The van der Waals surface area contributed by atoms with Gasteiger partial charge in [0.2, 0.25) is 0 Å². The molecule has 0 atom stereocenters. The maximum Gasteiger partial charge on any atom is 0.0543 e. The standard InChI is InChI=1S/C26H26N2/c1-2-11-20(12-3-1)28-27-18-19-10-4-5-13-21(19)26-24-16-8-6-14-22(24)23-15-7-9-17-25(23)26/h4-10,13-18,20,26,28H,1-3,11-12H2. The highest BCUT2D eigenvalue weighted by Crippen LogP contribution is 2.48. The van der Waals surface area contributed by atoms with Crippen LogP contribution < -0.4 is 5.43 Å². The minimum atomic E-state index is 0.268. The van der Waals surface area contributed by atoms with Crippen LogP contribution in [0.5, 0.6) is 0 Å². The Bertz CT molecular complexity index is 953. The lowest BCUT2D eigenvalue weighted by Gasteiger charge is -2.21. The number of nitrogens with zero attached hydrogens (tertiary/aromatic N) is 1. The SMILES string of the molecule is C(=NNC1CCCCC1)c1ccccc1C1c2ccccc2-c2ccccc21. The molecule has 28 heavy (non-hydrogen) atoms. The summed E-state index contributed by atoms with van der Waals surface area (Å²) >= 11 is 0. The molecule has 0 spiro atoms. The van der Waals surface area contributed by atoms with Gasteiger partial charge in [-0.2, -0.15) is 5.10 Å². The Morgan fingerprint density at radius 2 is 1.25 bits per heavy atom. The van der Waals surface area contributed by atoms with E-state index in [0.29, 0.717) is 6.04 Å². The fourth-order valence-corrected chi connectivity index (χ4v) is 4.83. The molecule has 0 radical (unpaired) electrons. The topological polar surface area (TPSA) is 24.4 Å². The van der Waals surface area contributed by atoms with Crippen molar-refractivity contribution < 1.29 is 0 Å². The molecule has 0 saturated heterocycles. The van der Waals surface area contributed by atoms with Crippen LogP contribution in [-0.4, -0.2) is 12.3 Å². The molecular weight excluding hydrogens is 340 g/mol. The first-order valence-corrected chi connectivity index (χ1v) is 10.5. The lowest BCUT2D eigenvalue weighted by atomic mass is 9.87. The first kappa shape index (κ1) is 17.2. The highest BCUT2D eigenvalue weighted by molar-refractivity contribution is 5.86. The van der Waals surface area contributed by atoms with Gasteiger partial charge in [0, 0.05) is 12.0 Å². The number of hydrogen-bond acceptors (Lipinski definition) is 2. The minimum Gasteiger partial charge on any atom is -0.307 e. The van der Waals surface area contributed by atoms with Gasteiger partial charge in [-0.3, -0.25) is 0 Å². The third-order valence-electron chi connectivity index (χ3n) is 6.21. The van der Waals surface area contributed by atoms with Gasteiger partial charge in [0.25, 0.3) is 0 Å². The summed E-state index contributed by atoms with van der Waals surface area (Å²) < 4.78 is 0. The number of nitrogens with one attached hydrogen (secondary N) is 1. The van der Waals surface area contributed by atoms with Crippen molar-refractivity contribution in [2.45, 2.75) is 44.1 Å². The molecule has 0 bridgehead atoms. The molecule has 1 saturated carbocycles. The second kappa shape index (κ2) is 7.63. The van der Waals surface area contributed by atoms with Gasteiger partial charge in [0.05, 0.1) is 6.21 Å². The number of hydrogen-bond donors (Lipinski definition) is 1. The molecule has 3 aromatic rings. The summed E-state index contributed by atoms with van der Waals surface area (Å²) in [6.45, 7) is 0. The molecule has 1 N–H and O–H groups in total. The molecule has 2 aliphatic carbocycles. The Morgan fingerprint density at radius 1 is 0.679 bits per heavy atom. The van der Waals surface area contributed by atoms with Crippen molar-refractivity contribution in [1.29, 1.82) is 0 Å². The molecule has 0 amide bonds. The van der Waals surface area contributed by atoms with Gasteiger partial charge in [-0.15, -0.1) is 0 Å². The van der Waals surface area contributed by atoms with Crippen LogP contribution in [-0.2, 0) is 0 Å². The van der Waals surface area contributed by atoms with E-state index in [-0.39, 0.29) is 5.92 Å². The van der Waals surface area contributed by atoms with Crippen LogP contribution in [0.2, 0.25) is 0 Å². The van der Waals surface area contributed by atoms with Crippen LogP contribution in [0.25, 0.3) is 11.1 Å². The summed E-state index contributed by atoms with van der Waals surface area (Å²) in [5.41, 5.74) is 11.4. The number of benzene rings is 3. The van der Waals surface area contributed by atoms with Crippen molar-refractivity contribution in [3.63, 3.8) is 0 Å². The average molecular weight is 367 g/mol. The lowest BCUT2D eigenvalue weighted by molar-refractivity contribution is 0.381. The highest BCUT2D eigenvalue weighted by Gasteiger charge is 2.30. The van der Waals surface area contributed by atoms with Crippen LogP contribution in [0.3, 0.4) is 0 Å². The molecular formula is C26H26N2. The maximum atomic E-state index is 4.63. The fraction of sp³-hybridized carbons (Fsp3) is 0.269. The molecule has 0 aromatic heterocycles. The van der Waals surface area contributed by atoms with E-state index in [2.05, 4.69) is 83.3 Å². The molecule has 2 aliphatic rings. The van der Waals surface area contributed by atoms with Crippen molar-refractivity contribution in [2.75, 3.05) is 0 Å². The molecule has 140 valence electrons. The smallest absolute Gasteiger partial charge is 0.0543 e. The van der Waals surface area contributed by atoms with Crippen molar-refractivity contribution in [1.82, 2.24) is 5.43 Å². The molecule has 1 fully saturated rings. The van der Waals surface area contributed by atoms with E-state index in [9.17, 15) is 0 Å².